The molecule has 0 amide bonds. The summed E-state index contributed by atoms with van der Waals surface area (Å²) in [6.45, 7) is 4.00. The van der Waals surface area contributed by atoms with Crippen molar-refractivity contribution in [3.63, 3.8) is 0 Å². The van der Waals surface area contributed by atoms with Gasteiger partial charge >= 0.3 is 0 Å². The van der Waals surface area contributed by atoms with E-state index in [1.165, 1.54) is 0 Å². The number of rotatable bonds is 4. The topological polar surface area (TPSA) is 95.6 Å². The number of benzene rings is 1. The molecule has 0 bridgehead atoms. The maximum atomic E-state index is 12.3. The largest absolute Gasteiger partial charge is 0.372 e. The monoisotopic (exact) mass is 374 g/mol. The maximum Gasteiger partial charge on any atom is 0.271 e. The number of nitrogens with zero attached hydrogens (tertiary/aromatic N) is 3. The molecule has 142 valence electrons. The zero-order chi connectivity index (χ0) is 19.9. The van der Waals surface area contributed by atoms with Gasteiger partial charge in [-0.05, 0) is 17.5 Å². The molecule has 0 spiro atoms. The zero-order valence-corrected chi connectivity index (χ0v) is 16.0. The minimum atomic E-state index is -0.235. The molecule has 0 saturated carbocycles. The fourth-order valence-corrected chi connectivity index (χ4v) is 2.70. The first kappa shape index (κ1) is 19.0. The Morgan fingerprint density at radius 1 is 1.07 bits per heavy atom. The molecule has 3 heterocycles. The molecule has 7 nitrogen and oxygen atoms in total. The van der Waals surface area contributed by atoms with Crippen LogP contribution in [0.15, 0.2) is 66.0 Å². The number of aromatic amines is 1. The van der Waals surface area contributed by atoms with Gasteiger partial charge in [-0.2, -0.15) is 0 Å². The minimum Gasteiger partial charge on any atom is -0.372 e. The minimum absolute atomic E-state index is 0.235. The van der Waals surface area contributed by atoms with Gasteiger partial charge in [-0.25, -0.2) is 9.97 Å². The van der Waals surface area contributed by atoms with Crippen LogP contribution in [0.25, 0.3) is 22.0 Å². The van der Waals surface area contributed by atoms with Crippen LogP contribution in [-0.4, -0.2) is 27.0 Å². The molecule has 3 aromatic heterocycles. The average molecular weight is 374 g/mol. The maximum absolute atomic E-state index is 12.3. The standard InChI is InChI=1S/C19H16N6O.C2H6/c1-20-17-11-21-10-16(24-17)13-8-15(19(26)23-9-13)25-18-14-5-3-2-4-12(14)6-7-22-18;1-2/h2-11H,1H3,(H,20,24)(H,22,25)(H,23,26);1-2H3. The van der Waals surface area contributed by atoms with E-state index in [0.717, 1.165) is 16.3 Å². The van der Waals surface area contributed by atoms with E-state index < -0.39 is 0 Å². The van der Waals surface area contributed by atoms with Crippen molar-refractivity contribution in [3.8, 4) is 11.3 Å². The zero-order valence-electron chi connectivity index (χ0n) is 16.0. The number of H-pyrrole nitrogens is 1. The van der Waals surface area contributed by atoms with Crippen LogP contribution in [0.4, 0.5) is 17.3 Å². The molecule has 1 aromatic carbocycles. The van der Waals surface area contributed by atoms with E-state index >= 15 is 0 Å². The van der Waals surface area contributed by atoms with Crippen molar-refractivity contribution in [1.82, 2.24) is 19.9 Å². The number of fused-ring (bicyclic) bond motifs is 1. The van der Waals surface area contributed by atoms with Crippen molar-refractivity contribution >= 4 is 28.1 Å². The molecule has 3 N–H and O–H groups in total. The quantitative estimate of drug-likeness (QED) is 0.496. The van der Waals surface area contributed by atoms with Gasteiger partial charge in [0.25, 0.3) is 5.56 Å². The second kappa shape index (κ2) is 8.77. The summed E-state index contributed by atoms with van der Waals surface area (Å²) in [6.07, 6.45) is 6.61. The van der Waals surface area contributed by atoms with E-state index in [9.17, 15) is 4.79 Å². The second-order valence-electron chi connectivity index (χ2n) is 5.68. The second-order valence-corrected chi connectivity index (χ2v) is 5.68. The van der Waals surface area contributed by atoms with Gasteiger partial charge in [0.2, 0.25) is 0 Å². The van der Waals surface area contributed by atoms with E-state index in [0.29, 0.717) is 23.0 Å². The predicted molar refractivity (Wildman–Crippen MR) is 114 cm³/mol. The molecule has 0 aliphatic rings. The SMILES string of the molecule is CC.CNc1cncc(-c2c[nH]c(=O)c(Nc3nccc4ccccc34)c2)n1. The van der Waals surface area contributed by atoms with Gasteiger partial charge in [0.15, 0.2) is 0 Å². The van der Waals surface area contributed by atoms with Gasteiger partial charge in [0.1, 0.15) is 17.3 Å². The number of nitrogens with one attached hydrogen (secondary N) is 3. The first-order chi connectivity index (χ1) is 13.7. The van der Waals surface area contributed by atoms with Crippen LogP contribution in [0.5, 0.6) is 0 Å². The lowest BCUT2D eigenvalue weighted by Gasteiger charge is -2.09. The summed E-state index contributed by atoms with van der Waals surface area (Å²) >= 11 is 0. The number of hydrogen-bond acceptors (Lipinski definition) is 6. The van der Waals surface area contributed by atoms with Crippen molar-refractivity contribution in [2.24, 2.45) is 0 Å². The Kier molecular flexibility index (Phi) is 5.96. The molecular weight excluding hydrogens is 352 g/mol. The number of pyridine rings is 2. The lowest BCUT2D eigenvalue weighted by Crippen LogP contribution is -2.12. The Hall–Kier alpha value is -3.74. The van der Waals surface area contributed by atoms with E-state index in [1.807, 2.05) is 44.2 Å². The van der Waals surface area contributed by atoms with E-state index in [1.54, 1.807) is 37.9 Å². The van der Waals surface area contributed by atoms with Gasteiger partial charge < -0.3 is 15.6 Å². The molecule has 7 heteroatoms. The Labute approximate surface area is 162 Å². The molecule has 0 aliphatic heterocycles. The van der Waals surface area contributed by atoms with Crippen LogP contribution in [0.1, 0.15) is 13.8 Å². The average Bonchev–Trinajstić information content (AvgIpc) is 2.77. The molecule has 0 unspecified atom stereocenters. The summed E-state index contributed by atoms with van der Waals surface area (Å²) in [7, 11) is 1.78. The van der Waals surface area contributed by atoms with Crippen LogP contribution in [-0.2, 0) is 0 Å². The summed E-state index contributed by atoms with van der Waals surface area (Å²) in [5.41, 5.74) is 1.56. The Balaban J connectivity index is 0.00000109. The van der Waals surface area contributed by atoms with Crippen molar-refractivity contribution in [2.75, 3.05) is 17.7 Å². The van der Waals surface area contributed by atoms with E-state index in [4.69, 9.17) is 0 Å². The smallest absolute Gasteiger partial charge is 0.271 e. The van der Waals surface area contributed by atoms with Crippen LogP contribution in [0.2, 0.25) is 0 Å². The van der Waals surface area contributed by atoms with E-state index in [-0.39, 0.29) is 5.56 Å². The molecule has 4 rings (SSSR count). The van der Waals surface area contributed by atoms with Crippen molar-refractivity contribution in [1.29, 1.82) is 0 Å². The third-order valence-electron chi connectivity index (χ3n) is 4.02. The summed E-state index contributed by atoms with van der Waals surface area (Å²) < 4.78 is 0. The normalized spacial score (nSPS) is 10.1. The van der Waals surface area contributed by atoms with Gasteiger partial charge in [0.05, 0.1) is 18.1 Å². The van der Waals surface area contributed by atoms with Gasteiger partial charge in [0, 0.05) is 30.4 Å². The third-order valence-corrected chi connectivity index (χ3v) is 4.02. The van der Waals surface area contributed by atoms with Crippen molar-refractivity contribution in [3.05, 3.63) is 71.5 Å². The summed E-state index contributed by atoms with van der Waals surface area (Å²) in [4.78, 5) is 28.0. The predicted octanol–water partition coefficient (Wildman–Crippen LogP) is 4.19. The molecule has 4 aromatic rings. The van der Waals surface area contributed by atoms with Crippen molar-refractivity contribution in [2.45, 2.75) is 13.8 Å². The highest BCUT2D eigenvalue weighted by molar-refractivity contribution is 5.93. The van der Waals surface area contributed by atoms with Crippen LogP contribution in [0.3, 0.4) is 0 Å². The van der Waals surface area contributed by atoms with Gasteiger partial charge in [-0.3, -0.25) is 9.78 Å². The first-order valence-corrected chi connectivity index (χ1v) is 9.08. The Bertz CT molecular complexity index is 1130. The highest BCUT2D eigenvalue weighted by Crippen LogP contribution is 2.24. The highest BCUT2D eigenvalue weighted by Gasteiger charge is 2.09. The molecule has 28 heavy (non-hydrogen) atoms. The number of hydrogen-bond donors (Lipinski definition) is 3. The van der Waals surface area contributed by atoms with Crippen LogP contribution >= 0.6 is 0 Å². The summed E-state index contributed by atoms with van der Waals surface area (Å²) in [6, 6.07) is 11.5. The highest BCUT2D eigenvalue weighted by atomic mass is 16.1. The number of anilines is 3. The van der Waals surface area contributed by atoms with E-state index in [2.05, 4.69) is 30.6 Å². The van der Waals surface area contributed by atoms with Crippen LogP contribution in [0, 0.1) is 0 Å². The molecule has 0 aliphatic carbocycles. The Morgan fingerprint density at radius 3 is 2.71 bits per heavy atom. The third kappa shape index (κ3) is 3.98. The van der Waals surface area contributed by atoms with Gasteiger partial charge in [-0.1, -0.05) is 38.1 Å². The summed E-state index contributed by atoms with van der Waals surface area (Å²) in [5, 5.41) is 8.08. The summed E-state index contributed by atoms with van der Waals surface area (Å²) in [5.74, 6) is 1.28. The molecule has 0 fully saturated rings. The fourth-order valence-electron chi connectivity index (χ4n) is 2.70. The first-order valence-electron chi connectivity index (χ1n) is 9.08. The van der Waals surface area contributed by atoms with Crippen LogP contribution < -0.4 is 16.2 Å². The molecule has 0 atom stereocenters. The lowest BCUT2D eigenvalue weighted by molar-refractivity contribution is 1.17. The Morgan fingerprint density at radius 2 is 1.89 bits per heavy atom. The molecule has 0 radical (unpaired) electrons. The lowest BCUT2D eigenvalue weighted by atomic mass is 10.1. The fraction of sp³-hybridized carbons (Fsp3) is 0.143. The number of aromatic nitrogens is 4. The van der Waals surface area contributed by atoms with Crippen molar-refractivity contribution < 1.29 is 0 Å². The molecule has 0 saturated heterocycles. The van der Waals surface area contributed by atoms with Gasteiger partial charge in [-0.15, -0.1) is 0 Å². The molecular formula is C21H22N6O.